The Morgan fingerprint density at radius 2 is 2.30 bits per heavy atom. The molecule has 0 spiro atoms. The largest absolute Gasteiger partial charge is 0.338 e. The fourth-order valence-electron chi connectivity index (χ4n) is 2.87. The number of hydrogen-bond acceptors (Lipinski definition) is 3. The summed E-state index contributed by atoms with van der Waals surface area (Å²) in [5, 5.41) is 0.923. The third-order valence-corrected chi connectivity index (χ3v) is 3.98. The summed E-state index contributed by atoms with van der Waals surface area (Å²) in [6.45, 7) is 5.81. The summed E-state index contributed by atoms with van der Waals surface area (Å²) in [4.78, 5) is 23.3. The zero-order valence-electron chi connectivity index (χ0n) is 12.0. The molecule has 0 aromatic carbocycles. The van der Waals surface area contributed by atoms with Crippen molar-refractivity contribution in [2.24, 2.45) is 5.92 Å². The maximum atomic E-state index is 12.7. The lowest BCUT2D eigenvalue weighted by Gasteiger charge is -2.31. The van der Waals surface area contributed by atoms with E-state index < -0.39 is 0 Å². The van der Waals surface area contributed by atoms with Crippen LogP contribution < -0.4 is 0 Å². The molecule has 0 bridgehead atoms. The summed E-state index contributed by atoms with van der Waals surface area (Å²) in [5.41, 5.74) is 2.40. The van der Waals surface area contributed by atoms with Gasteiger partial charge in [0.25, 0.3) is 5.91 Å². The summed E-state index contributed by atoms with van der Waals surface area (Å²) in [6, 6.07) is 3.80. The lowest BCUT2D eigenvalue weighted by molar-refractivity contribution is 0.0682. The molecule has 0 aliphatic carbocycles. The third kappa shape index (κ3) is 2.38. The van der Waals surface area contributed by atoms with E-state index in [0.717, 1.165) is 36.1 Å². The third-order valence-electron chi connectivity index (χ3n) is 3.98. The molecular formula is C16H19N3O. The Bertz CT molecular complexity index is 653. The molecule has 1 atom stereocenters. The number of aromatic nitrogens is 2. The van der Waals surface area contributed by atoms with Gasteiger partial charge in [-0.3, -0.25) is 14.8 Å². The highest BCUT2D eigenvalue weighted by molar-refractivity contribution is 5.98. The molecule has 2 aromatic rings. The number of amides is 1. The van der Waals surface area contributed by atoms with Crippen LogP contribution in [0.3, 0.4) is 0 Å². The molecule has 2 aromatic heterocycles. The maximum absolute atomic E-state index is 12.7. The van der Waals surface area contributed by atoms with E-state index in [2.05, 4.69) is 16.9 Å². The molecule has 1 aliphatic rings. The van der Waals surface area contributed by atoms with E-state index in [1.54, 1.807) is 12.4 Å². The van der Waals surface area contributed by atoms with Crippen molar-refractivity contribution in [1.29, 1.82) is 0 Å². The molecule has 1 unspecified atom stereocenters. The summed E-state index contributed by atoms with van der Waals surface area (Å²) >= 11 is 0. The van der Waals surface area contributed by atoms with E-state index in [4.69, 9.17) is 0 Å². The Morgan fingerprint density at radius 3 is 3.10 bits per heavy atom. The Kier molecular flexibility index (Phi) is 3.38. The lowest BCUT2D eigenvalue weighted by Crippen LogP contribution is -2.39. The lowest BCUT2D eigenvalue weighted by atomic mass is 9.99. The smallest absolute Gasteiger partial charge is 0.255 e. The van der Waals surface area contributed by atoms with E-state index in [1.165, 1.54) is 6.42 Å². The molecule has 0 saturated carbocycles. The molecule has 1 fully saturated rings. The van der Waals surface area contributed by atoms with Crippen LogP contribution in [0.1, 0.15) is 35.8 Å². The van der Waals surface area contributed by atoms with Gasteiger partial charge in [0.2, 0.25) is 0 Å². The molecule has 0 radical (unpaired) electrons. The topological polar surface area (TPSA) is 46.1 Å². The quantitative estimate of drug-likeness (QED) is 0.799. The second-order valence-corrected chi connectivity index (χ2v) is 5.69. The molecule has 4 nitrogen and oxygen atoms in total. The Labute approximate surface area is 118 Å². The first-order valence-corrected chi connectivity index (χ1v) is 7.16. The van der Waals surface area contributed by atoms with Crippen LogP contribution in [0.2, 0.25) is 0 Å². The van der Waals surface area contributed by atoms with Gasteiger partial charge in [-0.2, -0.15) is 0 Å². The Balaban J connectivity index is 1.96. The van der Waals surface area contributed by atoms with Gasteiger partial charge in [0.05, 0.1) is 16.8 Å². The van der Waals surface area contributed by atoms with Crippen molar-refractivity contribution >= 4 is 16.8 Å². The van der Waals surface area contributed by atoms with E-state index in [0.29, 0.717) is 11.5 Å². The van der Waals surface area contributed by atoms with Crippen molar-refractivity contribution in [3.63, 3.8) is 0 Å². The van der Waals surface area contributed by atoms with Gasteiger partial charge < -0.3 is 4.90 Å². The zero-order chi connectivity index (χ0) is 14.1. The number of rotatable bonds is 1. The molecule has 1 saturated heterocycles. The summed E-state index contributed by atoms with van der Waals surface area (Å²) in [6.07, 6.45) is 5.79. The van der Waals surface area contributed by atoms with Gasteiger partial charge in [0, 0.05) is 30.9 Å². The number of aryl methyl sites for hydroxylation is 1. The van der Waals surface area contributed by atoms with Crippen molar-refractivity contribution in [3.8, 4) is 0 Å². The molecule has 3 heterocycles. The number of carbonyl (C=O) groups excluding carboxylic acids is 1. The van der Waals surface area contributed by atoms with Crippen LogP contribution in [0.15, 0.2) is 24.5 Å². The van der Waals surface area contributed by atoms with Crippen LogP contribution in [0.25, 0.3) is 10.9 Å². The zero-order valence-corrected chi connectivity index (χ0v) is 12.0. The monoisotopic (exact) mass is 269 g/mol. The first kappa shape index (κ1) is 13.0. The highest BCUT2D eigenvalue weighted by Crippen LogP contribution is 2.21. The van der Waals surface area contributed by atoms with Gasteiger partial charge in [-0.25, -0.2) is 0 Å². The standard InChI is InChI=1S/C16H19N3O/c1-11-4-3-7-19(10-11)16(20)14-8-13-9-17-6-5-15(13)18-12(14)2/h5-6,8-9,11H,3-4,7,10H2,1-2H3. The van der Waals surface area contributed by atoms with Gasteiger partial charge in [0.15, 0.2) is 0 Å². The van der Waals surface area contributed by atoms with Gasteiger partial charge in [0.1, 0.15) is 0 Å². The van der Waals surface area contributed by atoms with Crippen LogP contribution in [0.5, 0.6) is 0 Å². The Hall–Kier alpha value is -1.97. The number of nitrogens with zero attached hydrogens (tertiary/aromatic N) is 3. The van der Waals surface area contributed by atoms with Crippen molar-refractivity contribution in [2.75, 3.05) is 13.1 Å². The van der Waals surface area contributed by atoms with Crippen molar-refractivity contribution in [1.82, 2.24) is 14.9 Å². The summed E-state index contributed by atoms with van der Waals surface area (Å²) < 4.78 is 0. The SMILES string of the molecule is Cc1nc2ccncc2cc1C(=O)N1CCCC(C)C1. The molecule has 4 heteroatoms. The molecule has 3 rings (SSSR count). The van der Waals surface area contributed by atoms with E-state index in [-0.39, 0.29) is 5.91 Å². The molecular weight excluding hydrogens is 250 g/mol. The summed E-state index contributed by atoms with van der Waals surface area (Å²) in [5.74, 6) is 0.690. The van der Waals surface area contributed by atoms with Crippen molar-refractivity contribution < 1.29 is 4.79 Å². The van der Waals surface area contributed by atoms with Crippen molar-refractivity contribution in [2.45, 2.75) is 26.7 Å². The van der Waals surface area contributed by atoms with Crippen LogP contribution in [-0.2, 0) is 0 Å². The van der Waals surface area contributed by atoms with Crippen LogP contribution in [0.4, 0.5) is 0 Å². The minimum absolute atomic E-state index is 0.104. The summed E-state index contributed by atoms with van der Waals surface area (Å²) in [7, 11) is 0. The van der Waals surface area contributed by atoms with Gasteiger partial charge in [-0.05, 0) is 37.8 Å². The molecule has 20 heavy (non-hydrogen) atoms. The first-order valence-electron chi connectivity index (χ1n) is 7.16. The highest BCUT2D eigenvalue weighted by atomic mass is 16.2. The Morgan fingerprint density at radius 1 is 1.45 bits per heavy atom. The minimum Gasteiger partial charge on any atom is -0.338 e. The van der Waals surface area contributed by atoms with E-state index >= 15 is 0 Å². The highest BCUT2D eigenvalue weighted by Gasteiger charge is 2.23. The minimum atomic E-state index is 0.104. The number of hydrogen-bond donors (Lipinski definition) is 0. The van der Waals surface area contributed by atoms with Gasteiger partial charge >= 0.3 is 0 Å². The molecule has 104 valence electrons. The first-order chi connectivity index (χ1) is 9.65. The number of likely N-dealkylation sites (tertiary alicyclic amines) is 1. The average molecular weight is 269 g/mol. The fraction of sp³-hybridized carbons (Fsp3) is 0.438. The second-order valence-electron chi connectivity index (χ2n) is 5.69. The number of fused-ring (bicyclic) bond motifs is 1. The molecule has 1 aliphatic heterocycles. The van der Waals surface area contributed by atoms with Crippen LogP contribution in [-0.4, -0.2) is 33.9 Å². The van der Waals surface area contributed by atoms with Gasteiger partial charge in [-0.15, -0.1) is 0 Å². The molecule has 1 amide bonds. The van der Waals surface area contributed by atoms with Gasteiger partial charge in [-0.1, -0.05) is 6.92 Å². The number of pyridine rings is 2. The number of carbonyl (C=O) groups is 1. The average Bonchev–Trinajstić information content (AvgIpc) is 2.46. The maximum Gasteiger partial charge on any atom is 0.255 e. The normalized spacial score (nSPS) is 19.3. The van der Waals surface area contributed by atoms with Crippen LogP contribution >= 0.6 is 0 Å². The fourth-order valence-corrected chi connectivity index (χ4v) is 2.87. The number of piperidine rings is 1. The second kappa shape index (κ2) is 5.19. The predicted octanol–water partition coefficient (Wildman–Crippen LogP) is 2.81. The van der Waals surface area contributed by atoms with E-state index in [9.17, 15) is 4.79 Å². The molecule has 0 N–H and O–H groups in total. The van der Waals surface area contributed by atoms with E-state index in [1.807, 2.05) is 24.0 Å². The predicted molar refractivity (Wildman–Crippen MR) is 78.6 cm³/mol. The van der Waals surface area contributed by atoms with Crippen LogP contribution in [0, 0.1) is 12.8 Å². The van der Waals surface area contributed by atoms with Crippen molar-refractivity contribution in [3.05, 3.63) is 35.8 Å².